The van der Waals surface area contributed by atoms with Gasteiger partial charge in [0.1, 0.15) is 10.6 Å². The van der Waals surface area contributed by atoms with Crippen LogP contribution in [0, 0.1) is 0 Å². The molecular formula is C20H23ClN4O4S. The fourth-order valence-corrected chi connectivity index (χ4v) is 4.75. The Bertz CT molecular complexity index is 1060. The maximum atomic E-state index is 12.9. The highest BCUT2D eigenvalue weighted by atomic mass is 35.5. The lowest BCUT2D eigenvalue weighted by molar-refractivity contribution is -0.119. The second-order valence-corrected chi connectivity index (χ2v) is 9.52. The number of anilines is 1. The van der Waals surface area contributed by atoms with Crippen molar-refractivity contribution in [1.82, 2.24) is 10.3 Å². The Morgan fingerprint density at radius 3 is 2.70 bits per heavy atom. The molecular weight excluding hydrogens is 428 g/mol. The number of nitrogens with zero attached hydrogens (tertiary/aromatic N) is 2. The van der Waals surface area contributed by atoms with Crippen molar-refractivity contribution < 1.29 is 18.0 Å². The third-order valence-electron chi connectivity index (χ3n) is 4.76. The van der Waals surface area contributed by atoms with E-state index in [9.17, 15) is 18.0 Å². The molecule has 0 unspecified atom stereocenters. The smallest absolute Gasteiger partial charge is 0.269 e. The number of nitrogens with one attached hydrogen (secondary N) is 1. The minimum atomic E-state index is -3.86. The second kappa shape index (κ2) is 9.11. The Labute approximate surface area is 180 Å². The van der Waals surface area contributed by atoms with Crippen LogP contribution < -0.4 is 16.0 Å². The van der Waals surface area contributed by atoms with Crippen LogP contribution in [0.1, 0.15) is 35.8 Å². The van der Waals surface area contributed by atoms with Crippen LogP contribution in [0.2, 0.25) is 5.02 Å². The summed E-state index contributed by atoms with van der Waals surface area (Å²) in [7, 11) is -3.86. The molecule has 30 heavy (non-hydrogen) atoms. The first kappa shape index (κ1) is 22.2. The topological polar surface area (TPSA) is 122 Å². The predicted molar refractivity (Wildman–Crippen MR) is 114 cm³/mol. The minimum absolute atomic E-state index is 0.0319. The standard InChI is InChI=1S/C20H23ClN4O4S/c1-2-3-8-23-19(26)16-9-17-18(10-24-16)30(28,29)12-15(22)20(27)25(17)11-13-4-6-14(21)7-5-13/h4-7,9-10,15H,2-3,8,11-12,22H2,1H3,(H,23,26)/t15-/m0/s1. The third-order valence-corrected chi connectivity index (χ3v) is 6.79. The van der Waals surface area contributed by atoms with E-state index in [0.29, 0.717) is 11.6 Å². The first-order valence-electron chi connectivity index (χ1n) is 9.55. The predicted octanol–water partition coefficient (Wildman–Crippen LogP) is 1.91. The van der Waals surface area contributed by atoms with Crippen LogP contribution in [-0.4, -0.2) is 43.6 Å². The van der Waals surface area contributed by atoms with Gasteiger partial charge < -0.3 is 16.0 Å². The summed E-state index contributed by atoms with van der Waals surface area (Å²) in [4.78, 5) is 30.6. The number of carbonyl (C=O) groups is 2. The van der Waals surface area contributed by atoms with E-state index in [-0.39, 0.29) is 22.8 Å². The number of amides is 2. The van der Waals surface area contributed by atoms with Crippen LogP contribution in [-0.2, 0) is 21.2 Å². The normalized spacial score (nSPS) is 17.9. The van der Waals surface area contributed by atoms with Gasteiger partial charge in [-0.1, -0.05) is 37.1 Å². The highest BCUT2D eigenvalue weighted by molar-refractivity contribution is 7.91. The largest absolute Gasteiger partial charge is 0.351 e. The van der Waals surface area contributed by atoms with E-state index in [4.69, 9.17) is 17.3 Å². The zero-order chi connectivity index (χ0) is 21.9. The third kappa shape index (κ3) is 4.80. The van der Waals surface area contributed by atoms with Crippen molar-refractivity contribution in [3.8, 4) is 0 Å². The molecule has 0 bridgehead atoms. The van der Waals surface area contributed by atoms with Gasteiger partial charge in [0.2, 0.25) is 5.91 Å². The Hall–Kier alpha value is -2.49. The van der Waals surface area contributed by atoms with Crippen molar-refractivity contribution in [3.05, 3.63) is 52.8 Å². The van der Waals surface area contributed by atoms with Crippen molar-refractivity contribution in [1.29, 1.82) is 0 Å². The summed E-state index contributed by atoms with van der Waals surface area (Å²) in [5, 5.41) is 3.28. The molecule has 1 atom stereocenters. The molecule has 0 radical (unpaired) electrons. The van der Waals surface area contributed by atoms with Crippen molar-refractivity contribution in [3.63, 3.8) is 0 Å². The van der Waals surface area contributed by atoms with Gasteiger partial charge in [0, 0.05) is 17.8 Å². The second-order valence-electron chi connectivity index (χ2n) is 7.09. The highest BCUT2D eigenvalue weighted by Crippen LogP contribution is 2.31. The first-order chi connectivity index (χ1) is 14.2. The van der Waals surface area contributed by atoms with E-state index in [1.807, 2.05) is 6.92 Å². The molecule has 0 saturated carbocycles. The fraction of sp³-hybridized carbons (Fsp3) is 0.350. The summed E-state index contributed by atoms with van der Waals surface area (Å²) in [6.07, 6.45) is 2.85. The quantitative estimate of drug-likeness (QED) is 0.648. The first-order valence-corrected chi connectivity index (χ1v) is 11.6. The summed E-state index contributed by atoms with van der Waals surface area (Å²) in [5.41, 5.74) is 6.75. The van der Waals surface area contributed by atoms with Crippen LogP contribution >= 0.6 is 11.6 Å². The van der Waals surface area contributed by atoms with Gasteiger partial charge in [-0.3, -0.25) is 9.59 Å². The van der Waals surface area contributed by atoms with Crippen LogP contribution in [0.25, 0.3) is 0 Å². The van der Waals surface area contributed by atoms with Gasteiger partial charge in [0.15, 0.2) is 9.84 Å². The number of halogens is 1. The molecule has 0 fully saturated rings. The lowest BCUT2D eigenvalue weighted by Crippen LogP contribution is -2.45. The average Bonchev–Trinajstić information content (AvgIpc) is 2.78. The van der Waals surface area contributed by atoms with Gasteiger partial charge in [-0.15, -0.1) is 0 Å². The molecule has 3 rings (SSSR count). The molecule has 1 aliphatic heterocycles. The van der Waals surface area contributed by atoms with Crippen molar-refractivity contribution in [2.75, 3.05) is 17.2 Å². The fourth-order valence-electron chi connectivity index (χ4n) is 3.13. The molecule has 2 aromatic rings. The molecule has 10 heteroatoms. The average molecular weight is 451 g/mol. The Balaban J connectivity index is 2.05. The number of carbonyl (C=O) groups excluding carboxylic acids is 2. The van der Waals surface area contributed by atoms with Crippen LogP contribution in [0.3, 0.4) is 0 Å². The van der Waals surface area contributed by atoms with Gasteiger partial charge in [0.25, 0.3) is 5.91 Å². The monoisotopic (exact) mass is 450 g/mol. The molecule has 160 valence electrons. The van der Waals surface area contributed by atoms with E-state index < -0.39 is 33.4 Å². The van der Waals surface area contributed by atoms with Crippen molar-refractivity contribution in [2.24, 2.45) is 5.73 Å². The summed E-state index contributed by atoms with van der Waals surface area (Å²) >= 11 is 5.93. The summed E-state index contributed by atoms with van der Waals surface area (Å²) < 4.78 is 25.5. The zero-order valence-electron chi connectivity index (χ0n) is 16.5. The lowest BCUT2D eigenvalue weighted by Gasteiger charge is -2.24. The number of hydrogen-bond donors (Lipinski definition) is 2. The number of hydrogen-bond acceptors (Lipinski definition) is 6. The number of nitrogens with two attached hydrogens (primary N) is 1. The highest BCUT2D eigenvalue weighted by Gasteiger charge is 2.36. The number of benzene rings is 1. The molecule has 2 amide bonds. The van der Waals surface area contributed by atoms with E-state index in [1.54, 1.807) is 24.3 Å². The molecule has 8 nitrogen and oxygen atoms in total. The van der Waals surface area contributed by atoms with Crippen molar-refractivity contribution >= 4 is 38.9 Å². The van der Waals surface area contributed by atoms with E-state index in [1.165, 1.54) is 11.0 Å². The molecule has 1 aromatic heterocycles. The zero-order valence-corrected chi connectivity index (χ0v) is 18.0. The summed E-state index contributed by atoms with van der Waals surface area (Å²) in [6.45, 7) is 2.55. The number of aromatic nitrogens is 1. The van der Waals surface area contributed by atoms with Gasteiger partial charge in [-0.2, -0.15) is 0 Å². The van der Waals surface area contributed by atoms with Crippen LogP contribution in [0.4, 0.5) is 5.69 Å². The summed E-state index contributed by atoms with van der Waals surface area (Å²) in [6, 6.07) is 6.93. The number of fused-ring (bicyclic) bond motifs is 1. The maximum Gasteiger partial charge on any atom is 0.269 e. The molecule has 0 saturated heterocycles. The Morgan fingerprint density at radius 1 is 1.33 bits per heavy atom. The molecule has 2 heterocycles. The molecule has 0 spiro atoms. The van der Waals surface area contributed by atoms with Gasteiger partial charge in [-0.25, -0.2) is 13.4 Å². The summed E-state index contributed by atoms with van der Waals surface area (Å²) in [5.74, 6) is -1.51. The van der Waals surface area contributed by atoms with Gasteiger partial charge in [0.05, 0.1) is 24.0 Å². The van der Waals surface area contributed by atoms with Crippen LogP contribution in [0.5, 0.6) is 0 Å². The minimum Gasteiger partial charge on any atom is -0.351 e. The Morgan fingerprint density at radius 2 is 2.03 bits per heavy atom. The number of unbranched alkanes of at least 4 members (excludes halogenated alkanes) is 1. The van der Waals surface area contributed by atoms with E-state index >= 15 is 0 Å². The maximum absolute atomic E-state index is 12.9. The number of sulfone groups is 1. The van der Waals surface area contributed by atoms with Gasteiger partial charge in [-0.05, 0) is 30.2 Å². The number of pyridine rings is 1. The van der Waals surface area contributed by atoms with Gasteiger partial charge >= 0.3 is 0 Å². The SMILES string of the molecule is CCCCNC(=O)c1cc2c(cn1)S(=O)(=O)C[C@H](N)C(=O)N2Cc1ccc(Cl)cc1. The van der Waals surface area contributed by atoms with E-state index in [0.717, 1.165) is 24.6 Å². The van der Waals surface area contributed by atoms with Crippen LogP contribution in [0.15, 0.2) is 41.4 Å². The molecule has 1 aromatic carbocycles. The Kier molecular flexibility index (Phi) is 6.74. The van der Waals surface area contributed by atoms with Crippen molar-refractivity contribution in [2.45, 2.75) is 37.2 Å². The van der Waals surface area contributed by atoms with E-state index in [2.05, 4.69) is 10.3 Å². The number of rotatable bonds is 6. The molecule has 0 aliphatic carbocycles. The molecule has 3 N–H and O–H groups in total. The lowest BCUT2D eigenvalue weighted by atomic mass is 10.1. The molecule has 1 aliphatic rings.